The molecule has 0 unspecified atom stereocenters. The number of nitrogens with two attached hydrogens (primary N) is 2. The molecule has 0 saturated carbocycles. The van der Waals surface area contributed by atoms with Crippen molar-refractivity contribution in [3.63, 3.8) is 0 Å². The molecule has 0 fully saturated rings. The molecule has 2 aromatic carbocycles. The lowest BCUT2D eigenvalue weighted by atomic mass is 10.3. The summed E-state index contributed by atoms with van der Waals surface area (Å²) in [7, 11) is 0. The van der Waals surface area contributed by atoms with Crippen molar-refractivity contribution in [3.8, 4) is 0 Å². The lowest BCUT2D eigenvalue weighted by Crippen LogP contribution is -1.89. The molecule has 0 aromatic heterocycles. The van der Waals surface area contributed by atoms with Gasteiger partial charge >= 0.3 is 0 Å². The van der Waals surface area contributed by atoms with Crippen LogP contribution in [-0.4, -0.2) is 0 Å². The Morgan fingerprint density at radius 2 is 1.62 bits per heavy atom. The second-order valence-electron chi connectivity index (χ2n) is 3.35. The van der Waals surface area contributed by atoms with Crippen molar-refractivity contribution < 1.29 is 0 Å². The highest BCUT2D eigenvalue weighted by molar-refractivity contribution is 14.1. The molecular weight excluding hydrogens is 331 g/mol. The molecule has 0 spiro atoms. The van der Waals surface area contributed by atoms with E-state index in [1.54, 1.807) is 11.8 Å². The van der Waals surface area contributed by atoms with Gasteiger partial charge < -0.3 is 11.5 Å². The number of halogens is 1. The molecular formula is C12H11IN2S. The maximum absolute atomic E-state index is 5.95. The molecule has 0 aliphatic heterocycles. The number of hydrogen-bond donors (Lipinski definition) is 2. The average molecular weight is 342 g/mol. The molecule has 0 atom stereocenters. The minimum Gasteiger partial charge on any atom is -0.399 e. The zero-order chi connectivity index (χ0) is 11.5. The first-order valence-corrected chi connectivity index (χ1v) is 6.63. The van der Waals surface area contributed by atoms with Crippen LogP contribution in [0.1, 0.15) is 0 Å². The quantitative estimate of drug-likeness (QED) is 0.648. The Labute approximate surface area is 113 Å². The summed E-state index contributed by atoms with van der Waals surface area (Å²) in [6, 6.07) is 13.8. The van der Waals surface area contributed by atoms with Gasteiger partial charge in [0.05, 0.1) is 0 Å². The molecule has 0 aliphatic rings. The van der Waals surface area contributed by atoms with Gasteiger partial charge in [0, 0.05) is 24.7 Å². The summed E-state index contributed by atoms with van der Waals surface area (Å²) < 4.78 is 1.15. The van der Waals surface area contributed by atoms with Gasteiger partial charge in [0.1, 0.15) is 0 Å². The molecule has 4 heteroatoms. The van der Waals surface area contributed by atoms with Crippen molar-refractivity contribution in [3.05, 3.63) is 46.0 Å². The Morgan fingerprint density at radius 3 is 2.25 bits per heavy atom. The van der Waals surface area contributed by atoms with Gasteiger partial charge in [0.25, 0.3) is 0 Å². The van der Waals surface area contributed by atoms with Crippen molar-refractivity contribution in [1.82, 2.24) is 0 Å². The molecule has 0 amide bonds. The van der Waals surface area contributed by atoms with E-state index in [0.717, 1.165) is 24.7 Å². The summed E-state index contributed by atoms with van der Waals surface area (Å²) in [5, 5.41) is 0. The molecule has 2 nitrogen and oxygen atoms in total. The Bertz CT molecular complexity index is 497. The summed E-state index contributed by atoms with van der Waals surface area (Å²) in [5.74, 6) is 0. The molecule has 0 bridgehead atoms. The highest BCUT2D eigenvalue weighted by Gasteiger charge is 2.02. The molecule has 82 valence electrons. The summed E-state index contributed by atoms with van der Waals surface area (Å²) in [6.45, 7) is 0. The van der Waals surface area contributed by atoms with Gasteiger partial charge in [-0.2, -0.15) is 0 Å². The number of rotatable bonds is 2. The standard InChI is InChI=1S/C12H11IN2S/c13-8-1-6-12(11(15)7-8)16-10-4-2-9(14)3-5-10/h1-7H,14-15H2. The highest BCUT2D eigenvalue weighted by atomic mass is 127. The SMILES string of the molecule is Nc1ccc(Sc2ccc(I)cc2N)cc1. The van der Waals surface area contributed by atoms with E-state index in [0.29, 0.717) is 0 Å². The van der Waals surface area contributed by atoms with E-state index >= 15 is 0 Å². The Balaban J connectivity index is 2.23. The monoisotopic (exact) mass is 342 g/mol. The van der Waals surface area contributed by atoms with Crippen molar-refractivity contribution >= 4 is 45.7 Å². The molecule has 0 aliphatic carbocycles. The van der Waals surface area contributed by atoms with Crippen molar-refractivity contribution in [2.24, 2.45) is 0 Å². The van der Waals surface area contributed by atoms with Crippen molar-refractivity contribution in [2.75, 3.05) is 11.5 Å². The van der Waals surface area contributed by atoms with E-state index in [1.807, 2.05) is 36.4 Å². The molecule has 4 N–H and O–H groups in total. The van der Waals surface area contributed by atoms with Gasteiger partial charge in [-0.15, -0.1) is 0 Å². The van der Waals surface area contributed by atoms with Gasteiger partial charge in [0.2, 0.25) is 0 Å². The number of nitrogen functional groups attached to an aromatic ring is 2. The van der Waals surface area contributed by atoms with Gasteiger partial charge in [-0.05, 0) is 65.1 Å². The predicted molar refractivity (Wildman–Crippen MR) is 78.5 cm³/mol. The number of benzene rings is 2. The second-order valence-corrected chi connectivity index (χ2v) is 5.71. The van der Waals surface area contributed by atoms with Gasteiger partial charge in [0.15, 0.2) is 0 Å². The first-order valence-electron chi connectivity index (χ1n) is 4.73. The van der Waals surface area contributed by atoms with E-state index in [2.05, 4.69) is 28.7 Å². The highest BCUT2D eigenvalue weighted by Crippen LogP contribution is 2.32. The van der Waals surface area contributed by atoms with Crippen LogP contribution < -0.4 is 11.5 Å². The zero-order valence-corrected chi connectivity index (χ0v) is 11.5. The first-order chi connectivity index (χ1) is 7.65. The lowest BCUT2D eigenvalue weighted by Gasteiger charge is -2.06. The normalized spacial score (nSPS) is 10.3. The third kappa shape index (κ3) is 2.82. The van der Waals surface area contributed by atoms with E-state index in [-0.39, 0.29) is 0 Å². The molecule has 0 saturated heterocycles. The molecule has 2 rings (SSSR count). The molecule has 2 aromatic rings. The van der Waals surface area contributed by atoms with Crippen LogP contribution in [0.5, 0.6) is 0 Å². The summed E-state index contributed by atoms with van der Waals surface area (Å²) in [6.07, 6.45) is 0. The maximum Gasteiger partial charge on any atom is 0.0466 e. The minimum atomic E-state index is 0.778. The Hall–Kier alpha value is -0.880. The fourth-order valence-electron chi connectivity index (χ4n) is 1.28. The van der Waals surface area contributed by atoms with E-state index < -0.39 is 0 Å². The van der Waals surface area contributed by atoms with Gasteiger partial charge in [-0.25, -0.2) is 0 Å². The Kier molecular flexibility index (Phi) is 3.60. The number of anilines is 2. The van der Waals surface area contributed by atoms with E-state index in [4.69, 9.17) is 11.5 Å². The summed E-state index contributed by atoms with van der Waals surface area (Å²) in [4.78, 5) is 2.22. The molecule has 0 heterocycles. The second kappa shape index (κ2) is 4.97. The van der Waals surface area contributed by atoms with Crippen LogP contribution in [0.2, 0.25) is 0 Å². The largest absolute Gasteiger partial charge is 0.399 e. The van der Waals surface area contributed by atoms with Crippen molar-refractivity contribution in [1.29, 1.82) is 0 Å². The smallest absolute Gasteiger partial charge is 0.0466 e. The summed E-state index contributed by atoms with van der Waals surface area (Å²) >= 11 is 3.90. The third-order valence-corrected chi connectivity index (χ3v) is 3.85. The fourth-order valence-corrected chi connectivity index (χ4v) is 2.63. The molecule has 16 heavy (non-hydrogen) atoms. The van der Waals surface area contributed by atoms with Gasteiger partial charge in [-0.1, -0.05) is 11.8 Å². The zero-order valence-electron chi connectivity index (χ0n) is 8.48. The topological polar surface area (TPSA) is 52.0 Å². The third-order valence-electron chi connectivity index (χ3n) is 2.08. The lowest BCUT2D eigenvalue weighted by molar-refractivity contribution is 1.40. The predicted octanol–water partition coefficient (Wildman–Crippen LogP) is 3.61. The average Bonchev–Trinajstić information content (AvgIpc) is 2.25. The fraction of sp³-hybridized carbons (Fsp3) is 0. The maximum atomic E-state index is 5.95. The van der Waals surface area contributed by atoms with Crippen LogP contribution in [0.4, 0.5) is 11.4 Å². The molecule has 0 radical (unpaired) electrons. The minimum absolute atomic E-state index is 0.778. The van der Waals surface area contributed by atoms with Crippen molar-refractivity contribution in [2.45, 2.75) is 9.79 Å². The van der Waals surface area contributed by atoms with Crippen LogP contribution in [0, 0.1) is 3.57 Å². The van der Waals surface area contributed by atoms with Gasteiger partial charge in [-0.3, -0.25) is 0 Å². The van der Waals surface area contributed by atoms with Crippen LogP contribution in [0.15, 0.2) is 52.3 Å². The van der Waals surface area contributed by atoms with Crippen LogP contribution >= 0.6 is 34.4 Å². The number of hydrogen-bond acceptors (Lipinski definition) is 3. The summed E-state index contributed by atoms with van der Waals surface area (Å²) in [5.41, 5.74) is 13.2. The van der Waals surface area contributed by atoms with Crippen LogP contribution in [0.25, 0.3) is 0 Å². The van der Waals surface area contributed by atoms with Crippen LogP contribution in [0.3, 0.4) is 0 Å². The van der Waals surface area contributed by atoms with E-state index in [9.17, 15) is 0 Å². The first kappa shape index (κ1) is 11.6. The van der Waals surface area contributed by atoms with E-state index in [1.165, 1.54) is 0 Å². The van der Waals surface area contributed by atoms with Crippen LogP contribution in [-0.2, 0) is 0 Å². The Morgan fingerprint density at radius 1 is 0.938 bits per heavy atom.